The summed E-state index contributed by atoms with van der Waals surface area (Å²) in [5.74, 6) is -0.686. The third-order valence-electron chi connectivity index (χ3n) is 10.8. The van der Waals surface area contributed by atoms with E-state index >= 15 is 0 Å². The summed E-state index contributed by atoms with van der Waals surface area (Å²) in [7, 11) is 0. The summed E-state index contributed by atoms with van der Waals surface area (Å²) in [5.41, 5.74) is 5.30. The molecule has 8 heteroatoms. The highest BCUT2D eigenvalue weighted by molar-refractivity contribution is 6.37. The van der Waals surface area contributed by atoms with Crippen molar-refractivity contribution >= 4 is 23.5 Å². The van der Waals surface area contributed by atoms with Crippen LogP contribution in [0.25, 0.3) is 0 Å². The molecule has 0 aromatic rings. The Kier molecular flexibility index (Phi) is 8.18. The Morgan fingerprint density at radius 1 is 0.895 bits per heavy atom. The van der Waals surface area contributed by atoms with Crippen LogP contribution in [0.2, 0.25) is 0 Å². The lowest BCUT2D eigenvalue weighted by molar-refractivity contribution is -0.137. The topological polar surface area (TPSA) is 122 Å². The number of piperidine rings is 1. The van der Waals surface area contributed by atoms with Gasteiger partial charge in [-0.1, -0.05) is 71.6 Å². The molecule has 3 amide bonds. The second-order valence-corrected chi connectivity index (χ2v) is 13.6. The van der Waals surface area contributed by atoms with Gasteiger partial charge in [0.1, 0.15) is 0 Å². The van der Waals surface area contributed by atoms with E-state index in [0.717, 1.165) is 57.8 Å². The molecule has 0 bridgehead atoms. The van der Waals surface area contributed by atoms with Gasteiger partial charge in [-0.2, -0.15) is 0 Å². The molecule has 4 aliphatic carbocycles. The van der Waals surface area contributed by atoms with Crippen molar-refractivity contribution in [1.29, 1.82) is 0 Å². The molecule has 1 aliphatic heterocycles. The van der Waals surface area contributed by atoms with Crippen LogP contribution in [0.5, 0.6) is 0 Å². The maximum absolute atomic E-state index is 14.3. The molecule has 4 saturated carbocycles. The lowest BCUT2D eigenvalue weighted by atomic mass is 9.79. The monoisotopic (exact) mass is 528 g/mol. The number of hydrogen-bond donors (Lipinski definition) is 3. The number of nitrogens with one attached hydrogen (secondary N) is 2. The Bertz CT molecular complexity index is 919. The van der Waals surface area contributed by atoms with Gasteiger partial charge in [0, 0.05) is 12.1 Å². The Morgan fingerprint density at radius 3 is 2.11 bits per heavy atom. The van der Waals surface area contributed by atoms with E-state index in [1.165, 1.54) is 25.7 Å². The van der Waals surface area contributed by atoms with Crippen LogP contribution in [0.3, 0.4) is 0 Å². The Balaban J connectivity index is 1.35. The molecule has 3 unspecified atom stereocenters. The van der Waals surface area contributed by atoms with Gasteiger partial charge in [0.25, 0.3) is 5.91 Å². The van der Waals surface area contributed by atoms with Crippen LogP contribution in [-0.2, 0) is 14.4 Å². The molecule has 5 atom stereocenters. The fraction of sp³-hybridized carbons (Fsp3) is 0.867. The summed E-state index contributed by atoms with van der Waals surface area (Å²) in [6, 6.07) is -1.68. The SMILES string of the molecule is CC1(C)C2CC(C(=O)[C@@H](NC3CCCCC3)C3CCCCC3)N(C(=O)NC(CC3CCC3)C(=O)C(N)=O)[C@@H]21. The quantitative estimate of drug-likeness (QED) is 0.372. The number of ketones is 2. The van der Waals surface area contributed by atoms with E-state index in [4.69, 9.17) is 5.73 Å². The standard InChI is InChI=1S/C30H48N4O4/c1-30(2)21-17-23(26(36)24(19-12-5-3-6-13-19)32-20-14-7-4-8-15-20)34(27(21)30)29(38)33-22(25(35)28(31)37)16-18-10-9-11-18/h18-24,27,32H,3-17H2,1-2H3,(H2,31,37)(H,33,38)/t21?,22?,23?,24-,27-/m0/s1. The van der Waals surface area contributed by atoms with Crippen LogP contribution in [0, 0.1) is 23.2 Å². The molecule has 0 spiro atoms. The van der Waals surface area contributed by atoms with Gasteiger partial charge in [-0.25, -0.2) is 4.79 Å². The fourth-order valence-electron chi connectivity index (χ4n) is 8.11. The number of fused-ring (bicyclic) bond motifs is 1. The molecule has 1 saturated heterocycles. The lowest BCUT2D eigenvalue weighted by Crippen LogP contribution is -2.59. The van der Waals surface area contributed by atoms with Crippen LogP contribution >= 0.6 is 0 Å². The molecule has 1 heterocycles. The molecule has 0 radical (unpaired) electrons. The van der Waals surface area contributed by atoms with Gasteiger partial charge in [-0.15, -0.1) is 0 Å². The number of Topliss-reactive ketones (excluding diaryl/α,β-unsaturated/α-hetero) is 2. The first-order valence-electron chi connectivity index (χ1n) is 15.4. The second-order valence-electron chi connectivity index (χ2n) is 13.6. The highest BCUT2D eigenvalue weighted by Crippen LogP contribution is 2.62. The fourth-order valence-corrected chi connectivity index (χ4v) is 8.11. The average Bonchev–Trinajstić information content (AvgIpc) is 3.21. The first-order valence-corrected chi connectivity index (χ1v) is 15.4. The number of carbonyl (C=O) groups is 4. The molecule has 5 fully saturated rings. The lowest BCUT2D eigenvalue weighted by Gasteiger charge is -2.39. The molecular weight excluding hydrogens is 480 g/mol. The molecule has 212 valence electrons. The van der Waals surface area contributed by atoms with E-state index in [2.05, 4.69) is 24.5 Å². The number of hydrogen-bond acceptors (Lipinski definition) is 5. The minimum absolute atomic E-state index is 0.0221. The van der Waals surface area contributed by atoms with Crippen molar-refractivity contribution in [3.63, 3.8) is 0 Å². The summed E-state index contributed by atoms with van der Waals surface area (Å²) in [6.07, 6.45) is 15.8. The van der Waals surface area contributed by atoms with Crippen molar-refractivity contribution in [3.8, 4) is 0 Å². The van der Waals surface area contributed by atoms with Gasteiger partial charge in [0.05, 0.1) is 18.1 Å². The maximum Gasteiger partial charge on any atom is 0.318 e. The number of rotatable bonds is 10. The molecule has 8 nitrogen and oxygen atoms in total. The zero-order valence-corrected chi connectivity index (χ0v) is 23.4. The van der Waals surface area contributed by atoms with Crippen molar-refractivity contribution in [2.75, 3.05) is 0 Å². The van der Waals surface area contributed by atoms with Crippen molar-refractivity contribution in [3.05, 3.63) is 0 Å². The summed E-state index contributed by atoms with van der Waals surface area (Å²) in [6.45, 7) is 4.31. The number of nitrogens with zero attached hydrogens (tertiary/aromatic N) is 1. The second kappa shape index (κ2) is 11.3. The summed E-state index contributed by atoms with van der Waals surface area (Å²) in [4.78, 5) is 54.4. The van der Waals surface area contributed by atoms with Gasteiger partial charge in [-0.05, 0) is 61.7 Å². The average molecular weight is 529 g/mol. The van der Waals surface area contributed by atoms with Gasteiger partial charge < -0.3 is 21.3 Å². The highest BCUT2D eigenvalue weighted by Gasteiger charge is 2.69. The number of primary amides is 1. The Labute approximate surface area is 227 Å². The maximum atomic E-state index is 14.3. The van der Waals surface area contributed by atoms with Crippen LogP contribution in [0.15, 0.2) is 0 Å². The highest BCUT2D eigenvalue weighted by atomic mass is 16.2. The van der Waals surface area contributed by atoms with Crippen molar-refractivity contribution < 1.29 is 19.2 Å². The Hall–Kier alpha value is -1.96. The minimum Gasteiger partial charge on any atom is -0.363 e. The smallest absolute Gasteiger partial charge is 0.318 e. The van der Waals surface area contributed by atoms with Crippen LogP contribution < -0.4 is 16.4 Å². The molecule has 4 N–H and O–H groups in total. The van der Waals surface area contributed by atoms with E-state index in [9.17, 15) is 19.2 Å². The number of carbonyl (C=O) groups excluding carboxylic acids is 4. The number of urea groups is 1. The van der Waals surface area contributed by atoms with Crippen molar-refractivity contribution in [1.82, 2.24) is 15.5 Å². The molecule has 5 aliphatic rings. The van der Waals surface area contributed by atoms with Gasteiger partial charge in [-0.3, -0.25) is 14.4 Å². The van der Waals surface area contributed by atoms with Gasteiger partial charge in [0.15, 0.2) is 5.78 Å². The van der Waals surface area contributed by atoms with Crippen molar-refractivity contribution in [2.45, 2.75) is 140 Å². The molecule has 38 heavy (non-hydrogen) atoms. The number of likely N-dealkylation sites (tertiary alicyclic amines) is 1. The van der Waals surface area contributed by atoms with Crippen LogP contribution in [0.1, 0.15) is 110 Å². The van der Waals surface area contributed by atoms with Crippen LogP contribution in [-0.4, -0.2) is 58.6 Å². The number of amides is 3. The van der Waals surface area contributed by atoms with Gasteiger partial charge in [0.2, 0.25) is 5.78 Å². The van der Waals surface area contributed by atoms with E-state index in [0.29, 0.717) is 30.7 Å². The molecular formula is C30H48N4O4. The summed E-state index contributed by atoms with van der Waals surface area (Å²) in [5, 5.41) is 6.69. The first-order chi connectivity index (χ1) is 18.2. The van der Waals surface area contributed by atoms with Crippen molar-refractivity contribution in [2.24, 2.45) is 28.9 Å². The molecule has 5 rings (SSSR count). The molecule has 0 aromatic carbocycles. The normalized spacial score (nSPS) is 31.1. The zero-order valence-electron chi connectivity index (χ0n) is 23.4. The summed E-state index contributed by atoms with van der Waals surface area (Å²) >= 11 is 0. The molecule has 0 aromatic heterocycles. The third-order valence-corrected chi connectivity index (χ3v) is 10.8. The van der Waals surface area contributed by atoms with E-state index in [1.54, 1.807) is 4.90 Å². The predicted octanol–water partition coefficient (Wildman–Crippen LogP) is 3.85. The van der Waals surface area contributed by atoms with E-state index < -0.39 is 23.8 Å². The first kappa shape index (κ1) is 27.6. The Morgan fingerprint density at radius 2 is 1.53 bits per heavy atom. The zero-order chi connectivity index (χ0) is 27.0. The third kappa shape index (κ3) is 5.52. The summed E-state index contributed by atoms with van der Waals surface area (Å²) < 4.78 is 0. The largest absolute Gasteiger partial charge is 0.363 e. The van der Waals surface area contributed by atoms with E-state index in [-0.39, 0.29) is 35.2 Å². The van der Waals surface area contributed by atoms with Crippen LogP contribution in [0.4, 0.5) is 4.79 Å². The minimum atomic E-state index is -1.01. The predicted molar refractivity (Wildman–Crippen MR) is 145 cm³/mol. The van der Waals surface area contributed by atoms with E-state index in [1.807, 2.05) is 0 Å². The van der Waals surface area contributed by atoms with Gasteiger partial charge >= 0.3 is 6.03 Å². The number of nitrogens with two attached hydrogens (primary N) is 1.